The second-order valence-corrected chi connectivity index (χ2v) is 2.92. The van der Waals surface area contributed by atoms with Crippen LogP contribution in [0.3, 0.4) is 0 Å². The van der Waals surface area contributed by atoms with Gasteiger partial charge in [0.05, 0.1) is 11.6 Å². The van der Waals surface area contributed by atoms with E-state index in [1.165, 1.54) is 0 Å². The van der Waals surface area contributed by atoms with Gasteiger partial charge in [-0.3, -0.25) is 0 Å². The third-order valence-corrected chi connectivity index (χ3v) is 1.58. The van der Waals surface area contributed by atoms with Gasteiger partial charge in [-0.05, 0) is 24.6 Å². The maximum Gasteiger partial charge on any atom is 0.0991 e. The molecule has 0 atom stereocenters. The number of rotatable bonds is 2. The van der Waals surface area contributed by atoms with Gasteiger partial charge in [-0.25, -0.2) is 0 Å². The molecule has 0 aliphatic rings. The van der Waals surface area contributed by atoms with Crippen LogP contribution in [-0.2, 0) is 0 Å². The van der Waals surface area contributed by atoms with E-state index in [0.717, 1.165) is 11.1 Å². The minimum absolute atomic E-state index is 0.684. The fourth-order valence-corrected chi connectivity index (χ4v) is 0.950. The van der Waals surface area contributed by atoms with Crippen molar-refractivity contribution in [3.05, 3.63) is 53.6 Å². The van der Waals surface area contributed by atoms with Crippen LogP contribution in [0.1, 0.15) is 18.1 Å². The first kappa shape index (κ1) is 9.28. The quantitative estimate of drug-likeness (QED) is 0.624. The Bertz CT molecular complexity index is 380. The molecule has 0 fully saturated rings. The van der Waals surface area contributed by atoms with Crippen LogP contribution < -0.4 is 0 Å². The third-order valence-electron chi connectivity index (χ3n) is 1.58. The number of benzene rings is 1. The van der Waals surface area contributed by atoms with Crippen molar-refractivity contribution in [2.24, 2.45) is 0 Å². The van der Waals surface area contributed by atoms with Gasteiger partial charge in [-0.15, -0.1) is 0 Å². The van der Waals surface area contributed by atoms with Crippen molar-refractivity contribution >= 4 is 6.08 Å². The number of nitriles is 1. The summed E-state index contributed by atoms with van der Waals surface area (Å²) < 4.78 is 0. The Morgan fingerprint density at radius 1 is 1.54 bits per heavy atom. The summed E-state index contributed by atoms with van der Waals surface area (Å²) in [5.41, 5.74) is 2.72. The summed E-state index contributed by atoms with van der Waals surface area (Å²) in [6.45, 7) is 5.70. The number of hydrogen-bond donors (Lipinski definition) is 0. The van der Waals surface area contributed by atoms with Crippen molar-refractivity contribution in [3.8, 4) is 6.07 Å². The number of hydrogen-bond acceptors (Lipinski definition) is 1. The van der Waals surface area contributed by atoms with Crippen molar-refractivity contribution in [2.75, 3.05) is 0 Å². The van der Waals surface area contributed by atoms with Crippen molar-refractivity contribution in [2.45, 2.75) is 6.92 Å². The summed E-state index contributed by atoms with van der Waals surface area (Å²) in [7, 11) is 0. The molecule has 0 amide bonds. The van der Waals surface area contributed by atoms with Crippen LogP contribution in [-0.4, -0.2) is 0 Å². The van der Waals surface area contributed by atoms with Crippen LogP contribution in [0.5, 0.6) is 0 Å². The monoisotopic (exact) mass is 169 g/mol. The Balaban J connectivity index is 2.91. The van der Waals surface area contributed by atoms with E-state index in [2.05, 4.69) is 12.6 Å². The topological polar surface area (TPSA) is 23.8 Å². The lowest BCUT2D eigenvalue weighted by Crippen LogP contribution is -1.75. The molecule has 13 heavy (non-hydrogen) atoms. The molecule has 1 heteroatoms. The molecule has 64 valence electrons. The first-order valence-electron chi connectivity index (χ1n) is 4.06. The first-order chi connectivity index (χ1) is 6.22. The molecular weight excluding hydrogens is 158 g/mol. The predicted octanol–water partition coefficient (Wildman–Crippen LogP) is 3.15. The second-order valence-electron chi connectivity index (χ2n) is 2.92. The largest absolute Gasteiger partial charge is 0.192 e. The Morgan fingerprint density at radius 2 is 2.31 bits per heavy atom. The molecule has 0 unspecified atom stereocenters. The van der Waals surface area contributed by atoms with E-state index >= 15 is 0 Å². The molecule has 1 aromatic carbocycles. The molecule has 1 aromatic rings. The van der Waals surface area contributed by atoms with Gasteiger partial charge in [0.1, 0.15) is 0 Å². The Hall–Kier alpha value is -1.81. The van der Waals surface area contributed by atoms with Crippen LogP contribution >= 0.6 is 0 Å². The van der Waals surface area contributed by atoms with Crippen LogP contribution in [0.25, 0.3) is 6.08 Å². The second kappa shape index (κ2) is 4.27. The van der Waals surface area contributed by atoms with Crippen molar-refractivity contribution in [3.63, 3.8) is 0 Å². The lowest BCUT2D eigenvalue weighted by atomic mass is 10.1. The molecule has 0 saturated heterocycles. The lowest BCUT2D eigenvalue weighted by molar-refractivity contribution is 1.48. The Morgan fingerprint density at radius 3 is 2.92 bits per heavy atom. The predicted molar refractivity (Wildman–Crippen MR) is 55.0 cm³/mol. The molecule has 0 aliphatic carbocycles. The zero-order chi connectivity index (χ0) is 9.68. The standard InChI is InChI=1S/C12H11N/c1-10(2)6-7-11-4-3-5-12(8-11)9-13/h3-8H,1H2,2H3/b7-6+. The zero-order valence-electron chi connectivity index (χ0n) is 7.62. The maximum atomic E-state index is 8.65. The smallest absolute Gasteiger partial charge is 0.0991 e. The molecule has 0 N–H and O–H groups in total. The molecule has 1 nitrogen and oxygen atoms in total. The van der Waals surface area contributed by atoms with Gasteiger partial charge in [-0.2, -0.15) is 5.26 Å². The fourth-order valence-electron chi connectivity index (χ4n) is 0.950. The average Bonchev–Trinajstić information content (AvgIpc) is 2.15. The third kappa shape index (κ3) is 2.96. The summed E-state index contributed by atoms with van der Waals surface area (Å²) in [6.07, 6.45) is 3.87. The van der Waals surface area contributed by atoms with Crippen LogP contribution in [0.2, 0.25) is 0 Å². The van der Waals surface area contributed by atoms with E-state index < -0.39 is 0 Å². The Labute approximate surface area is 78.6 Å². The van der Waals surface area contributed by atoms with Gasteiger partial charge >= 0.3 is 0 Å². The van der Waals surface area contributed by atoms with E-state index in [1.54, 1.807) is 6.07 Å². The van der Waals surface area contributed by atoms with E-state index in [9.17, 15) is 0 Å². The van der Waals surface area contributed by atoms with Gasteiger partial charge < -0.3 is 0 Å². The summed E-state index contributed by atoms with van der Waals surface area (Å²) in [4.78, 5) is 0. The van der Waals surface area contributed by atoms with Crippen LogP contribution in [0.15, 0.2) is 42.5 Å². The highest BCUT2D eigenvalue weighted by molar-refractivity contribution is 5.54. The lowest BCUT2D eigenvalue weighted by Gasteiger charge is -1.93. The van der Waals surface area contributed by atoms with Gasteiger partial charge in [0.15, 0.2) is 0 Å². The van der Waals surface area contributed by atoms with Gasteiger partial charge in [-0.1, -0.05) is 36.4 Å². The minimum atomic E-state index is 0.684. The molecule has 0 aromatic heterocycles. The molecule has 0 spiro atoms. The average molecular weight is 169 g/mol. The van der Waals surface area contributed by atoms with E-state index in [4.69, 9.17) is 5.26 Å². The molecule has 0 radical (unpaired) electrons. The van der Waals surface area contributed by atoms with E-state index in [-0.39, 0.29) is 0 Å². The van der Waals surface area contributed by atoms with E-state index in [1.807, 2.05) is 37.3 Å². The SMILES string of the molecule is C=C(C)/C=C/c1cccc(C#N)c1. The summed E-state index contributed by atoms with van der Waals surface area (Å²) in [5.74, 6) is 0. The Kier molecular flexibility index (Phi) is 3.05. The van der Waals surface area contributed by atoms with Gasteiger partial charge in [0.2, 0.25) is 0 Å². The van der Waals surface area contributed by atoms with Crippen LogP contribution in [0.4, 0.5) is 0 Å². The molecule has 0 aliphatic heterocycles. The van der Waals surface area contributed by atoms with Crippen molar-refractivity contribution in [1.29, 1.82) is 5.26 Å². The normalized spacial score (nSPS) is 9.85. The molecule has 0 saturated carbocycles. The molecular formula is C12H11N. The minimum Gasteiger partial charge on any atom is -0.192 e. The van der Waals surface area contributed by atoms with Crippen LogP contribution in [0, 0.1) is 11.3 Å². The highest BCUT2D eigenvalue weighted by atomic mass is 14.2. The van der Waals surface area contributed by atoms with Crippen molar-refractivity contribution < 1.29 is 0 Å². The first-order valence-corrected chi connectivity index (χ1v) is 4.06. The van der Waals surface area contributed by atoms with Gasteiger partial charge in [0.25, 0.3) is 0 Å². The highest BCUT2D eigenvalue weighted by Crippen LogP contribution is 2.07. The number of nitrogens with zero attached hydrogens (tertiary/aromatic N) is 1. The fraction of sp³-hybridized carbons (Fsp3) is 0.0833. The molecule has 0 bridgehead atoms. The highest BCUT2D eigenvalue weighted by Gasteiger charge is 1.89. The summed E-state index contributed by atoms with van der Waals surface area (Å²) >= 11 is 0. The molecule has 1 rings (SSSR count). The summed E-state index contributed by atoms with van der Waals surface area (Å²) in [6, 6.07) is 9.57. The molecule has 0 heterocycles. The van der Waals surface area contributed by atoms with Crippen molar-refractivity contribution in [1.82, 2.24) is 0 Å². The summed E-state index contributed by atoms with van der Waals surface area (Å²) in [5, 5.41) is 8.65. The number of allylic oxidation sites excluding steroid dienone is 2. The van der Waals surface area contributed by atoms with E-state index in [0.29, 0.717) is 5.56 Å². The maximum absolute atomic E-state index is 8.65. The zero-order valence-corrected chi connectivity index (χ0v) is 7.62. The van der Waals surface area contributed by atoms with Gasteiger partial charge in [0, 0.05) is 0 Å².